The molecular weight excluding hydrogens is 355 g/mol. The molecular formula is C19H14ClFN4O. The van der Waals surface area contributed by atoms with Crippen molar-refractivity contribution in [1.29, 1.82) is 0 Å². The molecule has 0 radical (unpaired) electrons. The van der Waals surface area contributed by atoms with E-state index in [2.05, 4.69) is 15.3 Å². The fourth-order valence-electron chi connectivity index (χ4n) is 2.93. The molecule has 0 saturated carbocycles. The Morgan fingerprint density at radius 1 is 1.19 bits per heavy atom. The van der Waals surface area contributed by atoms with Crippen molar-refractivity contribution in [1.82, 2.24) is 9.97 Å². The first-order valence-electron chi connectivity index (χ1n) is 8.07. The maximum Gasteiger partial charge on any atom is 0.277 e. The number of carbonyl (C=O) groups is 1. The normalized spacial score (nSPS) is 12.8. The first kappa shape index (κ1) is 16.5. The number of halogens is 2. The third-order valence-corrected chi connectivity index (χ3v) is 4.47. The molecule has 0 saturated heterocycles. The predicted octanol–water partition coefficient (Wildman–Crippen LogP) is 4.22. The van der Waals surface area contributed by atoms with Gasteiger partial charge in [-0.1, -0.05) is 29.8 Å². The summed E-state index contributed by atoms with van der Waals surface area (Å²) < 4.78 is 13.3. The summed E-state index contributed by atoms with van der Waals surface area (Å²) in [6, 6.07) is 13.6. The van der Waals surface area contributed by atoms with Gasteiger partial charge in [0.05, 0.1) is 5.02 Å². The first-order chi connectivity index (χ1) is 12.6. The van der Waals surface area contributed by atoms with Gasteiger partial charge in [-0.25, -0.2) is 14.4 Å². The molecule has 0 unspecified atom stereocenters. The van der Waals surface area contributed by atoms with Crippen molar-refractivity contribution < 1.29 is 9.18 Å². The van der Waals surface area contributed by atoms with Gasteiger partial charge in [-0.05, 0) is 42.3 Å². The van der Waals surface area contributed by atoms with Crippen LogP contribution in [-0.4, -0.2) is 22.4 Å². The van der Waals surface area contributed by atoms with E-state index in [1.165, 1.54) is 24.4 Å². The van der Waals surface area contributed by atoms with Gasteiger partial charge in [0.2, 0.25) is 5.95 Å². The van der Waals surface area contributed by atoms with Crippen LogP contribution in [0.5, 0.6) is 0 Å². The summed E-state index contributed by atoms with van der Waals surface area (Å²) in [5, 5.41) is 2.93. The Labute approximate surface area is 154 Å². The third kappa shape index (κ3) is 3.11. The van der Waals surface area contributed by atoms with Crippen LogP contribution in [0.1, 0.15) is 16.1 Å². The number of amides is 1. The van der Waals surface area contributed by atoms with Crippen molar-refractivity contribution in [2.75, 3.05) is 16.8 Å². The summed E-state index contributed by atoms with van der Waals surface area (Å²) in [6.07, 6.45) is 2.34. The minimum atomic E-state index is -0.505. The Balaban J connectivity index is 1.58. The largest absolute Gasteiger partial charge is 0.324 e. The highest BCUT2D eigenvalue weighted by molar-refractivity contribution is 6.31. The summed E-state index contributed by atoms with van der Waals surface area (Å²) in [6.45, 7) is 0.624. The zero-order valence-corrected chi connectivity index (χ0v) is 14.4. The van der Waals surface area contributed by atoms with Crippen LogP contribution in [0, 0.1) is 5.82 Å². The quantitative estimate of drug-likeness (QED) is 0.752. The Kier molecular flexibility index (Phi) is 4.26. The molecule has 26 heavy (non-hydrogen) atoms. The molecule has 1 aromatic heterocycles. The number of benzene rings is 2. The molecule has 5 nitrogen and oxygen atoms in total. The van der Waals surface area contributed by atoms with Crippen LogP contribution in [0.4, 0.5) is 21.7 Å². The zero-order chi connectivity index (χ0) is 18.1. The second-order valence-electron chi connectivity index (χ2n) is 5.85. The smallest absolute Gasteiger partial charge is 0.277 e. The van der Waals surface area contributed by atoms with E-state index in [1.807, 2.05) is 24.3 Å². The van der Waals surface area contributed by atoms with Crippen molar-refractivity contribution in [3.63, 3.8) is 0 Å². The van der Waals surface area contributed by atoms with Crippen LogP contribution in [0.25, 0.3) is 0 Å². The number of nitrogens with one attached hydrogen (secondary N) is 1. The molecule has 0 spiro atoms. The molecule has 1 N–H and O–H groups in total. The molecule has 0 aliphatic carbocycles. The van der Waals surface area contributed by atoms with Crippen LogP contribution in [0.15, 0.2) is 54.7 Å². The Morgan fingerprint density at radius 2 is 2.04 bits per heavy atom. The van der Waals surface area contributed by atoms with E-state index in [4.69, 9.17) is 11.6 Å². The number of anilines is 3. The molecule has 1 aliphatic heterocycles. The van der Waals surface area contributed by atoms with Gasteiger partial charge in [0.25, 0.3) is 5.91 Å². The molecule has 1 aliphatic rings. The van der Waals surface area contributed by atoms with Crippen LogP contribution >= 0.6 is 11.6 Å². The Bertz CT molecular complexity index is 995. The average molecular weight is 369 g/mol. The fraction of sp³-hybridized carbons (Fsp3) is 0.105. The zero-order valence-electron chi connectivity index (χ0n) is 13.6. The van der Waals surface area contributed by atoms with E-state index in [1.54, 1.807) is 11.0 Å². The Hall–Kier alpha value is -2.99. The lowest BCUT2D eigenvalue weighted by atomic mass is 10.2. The van der Waals surface area contributed by atoms with Crippen LogP contribution in [0.2, 0.25) is 5.02 Å². The summed E-state index contributed by atoms with van der Waals surface area (Å²) in [5.74, 6) is -0.446. The number of carbonyl (C=O) groups excluding carboxylic acids is 1. The van der Waals surface area contributed by atoms with E-state index in [0.717, 1.165) is 17.7 Å². The standard InChI is InChI=1S/C19H14ClFN4O/c20-14-11-13(5-6-15(14)21)23-19-22-9-7-16(24-19)18(26)25-10-8-12-3-1-2-4-17(12)25/h1-7,9,11H,8,10H2,(H,22,23,24). The molecule has 0 atom stereocenters. The van der Waals surface area contributed by atoms with Crippen molar-refractivity contribution in [3.05, 3.63) is 76.8 Å². The lowest BCUT2D eigenvalue weighted by Crippen LogP contribution is -2.29. The van der Waals surface area contributed by atoms with Gasteiger partial charge in [0.1, 0.15) is 11.5 Å². The molecule has 0 bridgehead atoms. The number of para-hydroxylation sites is 1. The maximum absolute atomic E-state index is 13.3. The van der Waals surface area contributed by atoms with Crippen molar-refractivity contribution in [3.8, 4) is 0 Å². The van der Waals surface area contributed by atoms with Gasteiger partial charge in [-0.2, -0.15) is 0 Å². The molecule has 4 rings (SSSR count). The van der Waals surface area contributed by atoms with Crippen LogP contribution in [0.3, 0.4) is 0 Å². The van der Waals surface area contributed by atoms with Crippen molar-refractivity contribution >= 4 is 34.8 Å². The van der Waals surface area contributed by atoms with Gasteiger partial charge < -0.3 is 10.2 Å². The Morgan fingerprint density at radius 3 is 2.88 bits per heavy atom. The predicted molar refractivity (Wildman–Crippen MR) is 98.5 cm³/mol. The summed E-state index contributed by atoms with van der Waals surface area (Å²) in [5.41, 5.74) is 2.88. The highest BCUT2D eigenvalue weighted by Crippen LogP contribution is 2.28. The number of rotatable bonds is 3. The molecule has 0 fully saturated rings. The average Bonchev–Trinajstić information content (AvgIpc) is 3.08. The second-order valence-corrected chi connectivity index (χ2v) is 6.26. The molecule has 3 aromatic rings. The van der Waals surface area contributed by atoms with Gasteiger partial charge in [0, 0.05) is 24.1 Å². The molecule has 130 valence electrons. The highest BCUT2D eigenvalue weighted by Gasteiger charge is 2.26. The fourth-order valence-corrected chi connectivity index (χ4v) is 3.11. The SMILES string of the molecule is O=C(c1ccnc(Nc2ccc(F)c(Cl)c2)n1)N1CCc2ccccc21. The van der Waals surface area contributed by atoms with Gasteiger partial charge in [-0.15, -0.1) is 0 Å². The number of nitrogens with zero attached hydrogens (tertiary/aromatic N) is 3. The lowest BCUT2D eigenvalue weighted by molar-refractivity contribution is 0.0984. The number of hydrogen-bond acceptors (Lipinski definition) is 4. The number of hydrogen-bond donors (Lipinski definition) is 1. The second kappa shape index (κ2) is 6.72. The first-order valence-corrected chi connectivity index (χ1v) is 8.44. The monoisotopic (exact) mass is 368 g/mol. The summed E-state index contributed by atoms with van der Waals surface area (Å²) in [7, 11) is 0. The topological polar surface area (TPSA) is 58.1 Å². The lowest BCUT2D eigenvalue weighted by Gasteiger charge is -2.17. The summed E-state index contributed by atoms with van der Waals surface area (Å²) in [4.78, 5) is 23.0. The minimum absolute atomic E-state index is 0.00379. The van der Waals surface area contributed by atoms with Crippen LogP contribution < -0.4 is 10.2 Å². The molecule has 2 aromatic carbocycles. The van der Waals surface area contributed by atoms with Crippen LogP contribution in [-0.2, 0) is 6.42 Å². The number of fused-ring (bicyclic) bond motifs is 1. The molecule has 2 heterocycles. The maximum atomic E-state index is 13.3. The van der Waals surface area contributed by atoms with Gasteiger partial charge in [-0.3, -0.25) is 4.79 Å². The van der Waals surface area contributed by atoms with E-state index >= 15 is 0 Å². The highest BCUT2D eigenvalue weighted by atomic mass is 35.5. The third-order valence-electron chi connectivity index (χ3n) is 4.18. The molecule has 1 amide bonds. The number of aromatic nitrogens is 2. The van der Waals surface area contributed by atoms with E-state index in [0.29, 0.717) is 12.2 Å². The van der Waals surface area contributed by atoms with Gasteiger partial charge in [0.15, 0.2) is 0 Å². The molecule has 7 heteroatoms. The van der Waals surface area contributed by atoms with E-state index in [9.17, 15) is 9.18 Å². The van der Waals surface area contributed by atoms with E-state index < -0.39 is 5.82 Å². The summed E-state index contributed by atoms with van der Waals surface area (Å²) >= 11 is 5.78. The van der Waals surface area contributed by atoms with Gasteiger partial charge >= 0.3 is 0 Å². The van der Waals surface area contributed by atoms with E-state index in [-0.39, 0.29) is 22.6 Å². The van der Waals surface area contributed by atoms with Crippen molar-refractivity contribution in [2.45, 2.75) is 6.42 Å². The minimum Gasteiger partial charge on any atom is -0.324 e. The van der Waals surface area contributed by atoms with Crippen molar-refractivity contribution in [2.24, 2.45) is 0 Å².